The van der Waals surface area contributed by atoms with Gasteiger partial charge in [0.2, 0.25) is 0 Å². The standard InChI is InChI=1S/C15H14N4O5/c20-13(16-9-1-5-11(6-2-9)18-14(21)22)17-10-3-7-12(8-4-10)19-15(23)24/h1-8,18-19H,(H,21,22)(H,23,24)(H2,16,17,20). The number of benzene rings is 2. The van der Waals surface area contributed by atoms with Gasteiger partial charge in [-0.25, -0.2) is 14.4 Å². The molecule has 2 rings (SSSR count). The van der Waals surface area contributed by atoms with Crippen LogP contribution in [0.2, 0.25) is 0 Å². The Labute approximate surface area is 136 Å². The average Bonchev–Trinajstić information content (AvgIpc) is 2.50. The molecule has 0 aromatic heterocycles. The lowest BCUT2D eigenvalue weighted by Crippen LogP contribution is -2.19. The lowest BCUT2D eigenvalue weighted by molar-refractivity contribution is 0.208. The van der Waals surface area contributed by atoms with Gasteiger partial charge >= 0.3 is 18.2 Å². The Bertz CT molecular complexity index is 680. The Morgan fingerprint density at radius 2 is 0.792 bits per heavy atom. The molecule has 0 atom stereocenters. The minimum Gasteiger partial charge on any atom is -0.465 e. The van der Waals surface area contributed by atoms with Gasteiger partial charge in [0.25, 0.3) is 0 Å². The lowest BCUT2D eigenvalue weighted by atomic mass is 10.2. The number of rotatable bonds is 4. The minimum atomic E-state index is -1.17. The van der Waals surface area contributed by atoms with Gasteiger partial charge in [0, 0.05) is 22.7 Å². The molecule has 0 unspecified atom stereocenters. The van der Waals surface area contributed by atoms with Crippen molar-refractivity contribution in [3.8, 4) is 0 Å². The van der Waals surface area contributed by atoms with Gasteiger partial charge in [-0.05, 0) is 48.5 Å². The average molecular weight is 330 g/mol. The third-order valence-corrected chi connectivity index (χ3v) is 2.79. The van der Waals surface area contributed by atoms with E-state index in [9.17, 15) is 14.4 Å². The SMILES string of the molecule is O=C(O)Nc1ccc(NC(=O)Nc2ccc(NC(=O)O)cc2)cc1. The maximum Gasteiger partial charge on any atom is 0.409 e. The van der Waals surface area contributed by atoms with Crippen LogP contribution < -0.4 is 21.3 Å². The summed E-state index contributed by atoms with van der Waals surface area (Å²) in [7, 11) is 0. The summed E-state index contributed by atoms with van der Waals surface area (Å²) in [5, 5.41) is 26.7. The summed E-state index contributed by atoms with van der Waals surface area (Å²) >= 11 is 0. The zero-order chi connectivity index (χ0) is 17.5. The second kappa shape index (κ2) is 7.49. The van der Waals surface area contributed by atoms with Crippen molar-refractivity contribution in [3.05, 3.63) is 48.5 Å². The smallest absolute Gasteiger partial charge is 0.409 e. The van der Waals surface area contributed by atoms with Gasteiger partial charge in [-0.15, -0.1) is 0 Å². The van der Waals surface area contributed by atoms with E-state index in [4.69, 9.17) is 10.2 Å². The summed E-state index contributed by atoms with van der Waals surface area (Å²) in [6.07, 6.45) is -2.34. The molecule has 4 amide bonds. The van der Waals surface area contributed by atoms with Crippen molar-refractivity contribution in [1.29, 1.82) is 0 Å². The highest BCUT2D eigenvalue weighted by atomic mass is 16.4. The zero-order valence-electron chi connectivity index (χ0n) is 12.2. The van der Waals surface area contributed by atoms with Crippen molar-refractivity contribution in [2.45, 2.75) is 0 Å². The van der Waals surface area contributed by atoms with E-state index in [-0.39, 0.29) is 0 Å². The monoisotopic (exact) mass is 330 g/mol. The molecule has 0 saturated carbocycles. The van der Waals surface area contributed by atoms with E-state index in [2.05, 4.69) is 21.3 Å². The summed E-state index contributed by atoms with van der Waals surface area (Å²) in [4.78, 5) is 32.8. The van der Waals surface area contributed by atoms with E-state index in [1.54, 1.807) is 24.3 Å². The molecule has 0 spiro atoms. The van der Waals surface area contributed by atoms with Crippen LogP contribution >= 0.6 is 0 Å². The van der Waals surface area contributed by atoms with E-state index >= 15 is 0 Å². The number of hydrogen-bond donors (Lipinski definition) is 6. The molecule has 9 heteroatoms. The van der Waals surface area contributed by atoms with Crippen molar-refractivity contribution in [3.63, 3.8) is 0 Å². The van der Waals surface area contributed by atoms with E-state index < -0.39 is 18.2 Å². The van der Waals surface area contributed by atoms with Gasteiger partial charge in [-0.3, -0.25) is 10.6 Å². The van der Waals surface area contributed by atoms with Crippen molar-refractivity contribution in [2.75, 3.05) is 21.3 Å². The fraction of sp³-hybridized carbons (Fsp3) is 0. The van der Waals surface area contributed by atoms with Crippen LogP contribution in [0.25, 0.3) is 0 Å². The third kappa shape index (κ3) is 5.22. The highest BCUT2D eigenvalue weighted by Crippen LogP contribution is 2.16. The second-order valence-electron chi connectivity index (χ2n) is 4.59. The molecule has 0 bridgehead atoms. The van der Waals surface area contributed by atoms with Crippen LogP contribution in [0.4, 0.5) is 37.1 Å². The molecule has 0 aliphatic carbocycles. The minimum absolute atomic E-state index is 0.384. The lowest BCUT2D eigenvalue weighted by Gasteiger charge is -2.09. The Kier molecular flexibility index (Phi) is 5.19. The molecule has 2 aromatic carbocycles. The maximum absolute atomic E-state index is 11.9. The molecular formula is C15H14N4O5. The van der Waals surface area contributed by atoms with Crippen molar-refractivity contribution < 1.29 is 24.6 Å². The van der Waals surface area contributed by atoms with Gasteiger partial charge in [0.1, 0.15) is 0 Å². The molecule has 6 N–H and O–H groups in total. The fourth-order valence-corrected chi connectivity index (χ4v) is 1.81. The van der Waals surface area contributed by atoms with E-state index in [0.717, 1.165) is 0 Å². The molecule has 9 nitrogen and oxygen atoms in total. The predicted octanol–water partition coefficient (Wildman–Crippen LogP) is 3.51. The fourth-order valence-electron chi connectivity index (χ4n) is 1.81. The van der Waals surface area contributed by atoms with Crippen LogP contribution in [0, 0.1) is 0 Å². The number of carbonyl (C=O) groups excluding carboxylic acids is 1. The van der Waals surface area contributed by atoms with Crippen LogP contribution in [0.15, 0.2) is 48.5 Å². The first kappa shape index (κ1) is 16.6. The molecule has 0 aliphatic heterocycles. The quantitative estimate of drug-likeness (QED) is 0.509. The molecule has 2 aromatic rings. The molecule has 0 saturated heterocycles. The van der Waals surface area contributed by atoms with Crippen LogP contribution in [-0.2, 0) is 0 Å². The van der Waals surface area contributed by atoms with Crippen LogP contribution in [0.1, 0.15) is 0 Å². The third-order valence-electron chi connectivity index (χ3n) is 2.79. The Morgan fingerprint density at radius 1 is 0.542 bits per heavy atom. The molecule has 24 heavy (non-hydrogen) atoms. The molecule has 0 aliphatic rings. The summed E-state index contributed by atoms with van der Waals surface area (Å²) in [5.41, 5.74) is 1.73. The number of carbonyl (C=O) groups is 3. The first-order valence-corrected chi connectivity index (χ1v) is 6.70. The number of nitrogens with one attached hydrogen (secondary N) is 4. The zero-order valence-corrected chi connectivity index (χ0v) is 12.2. The van der Waals surface area contributed by atoms with Crippen LogP contribution in [0.3, 0.4) is 0 Å². The van der Waals surface area contributed by atoms with Gasteiger partial charge < -0.3 is 20.8 Å². The first-order valence-electron chi connectivity index (χ1n) is 6.70. The normalized spacial score (nSPS) is 9.67. The topological polar surface area (TPSA) is 140 Å². The number of hydrogen-bond acceptors (Lipinski definition) is 3. The Morgan fingerprint density at radius 3 is 1.04 bits per heavy atom. The molecular weight excluding hydrogens is 316 g/mol. The summed E-state index contributed by atoms with van der Waals surface area (Å²) in [6.45, 7) is 0. The Balaban J connectivity index is 1.90. The largest absolute Gasteiger partial charge is 0.465 e. The number of urea groups is 1. The van der Waals surface area contributed by atoms with E-state index in [1.165, 1.54) is 24.3 Å². The highest BCUT2D eigenvalue weighted by molar-refractivity contribution is 6.00. The van der Waals surface area contributed by atoms with Crippen LogP contribution in [0.5, 0.6) is 0 Å². The van der Waals surface area contributed by atoms with E-state index in [0.29, 0.717) is 22.7 Å². The molecule has 0 radical (unpaired) electrons. The van der Waals surface area contributed by atoms with Gasteiger partial charge in [-0.1, -0.05) is 0 Å². The molecule has 0 heterocycles. The number of carboxylic acid groups (broad SMARTS) is 2. The maximum atomic E-state index is 11.9. The van der Waals surface area contributed by atoms with Crippen molar-refractivity contribution in [1.82, 2.24) is 0 Å². The highest BCUT2D eigenvalue weighted by Gasteiger charge is 2.04. The summed E-state index contributed by atoms with van der Waals surface area (Å²) < 4.78 is 0. The predicted molar refractivity (Wildman–Crippen MR) is 88.8 cm³/mol. The number of amides is 4. The van der Waals surface area contributed by atoms with Crippen LogP contribution in [-0.4, -0.2) is 28.4 Å². The number of anilines is 4. The van der Waals surface area contributed by atoms with Gasteiger partial charge in [0.05, 0.1) is 0 Å². The van der Waals surface area contributed by atoms with Gasteiger partial charge in [-0.2, -0.15) is 0 Å². The Hall–Kier alpha value is -3.75. The summed E-state index contributed by atoms with van der Waals surface area (Å²) in [6, 6.07) is 11.7. The molecule has 0 fully saturated rings. The van der Waals surface area contributed by atoms with Crippen molar-refractivity contribution >= 4 is 41.0 Å². The first-order chi connectivity index (χ1) is 11.4. The van der Waals surface area contributed by atoms with Gasteiger partial charge in [0.15, 0.2) is 0 Å². The summed E-state index contributed by atoms with van der Waals surface area (Å²) in [5.74, 6) is 0. The second-order valence-corrected chi connectivity index (χ2v) is 4.59. The van der Waals surface area contributed by atoms with Crippen molar-refractivity contribution in [2.24, 2.45) is 0 Å². The van der Waals surface area contributed by atoms with E-state index in [1.807, 2.05) is 0 Å². The molecule has 124 valence electrons.